The number of carboxylic acids is 1. The lowest BCUT2D eigenvalue weighted by molar-refractivity contribution is -0.137. The van der Waals surface area contributed by atoms with Crippen molar-refractivity contribution >= 4 is 17.3 Å². The van der Waals surface area contributed by atoms with Gasteiger partial charge < -0.3 is 15.5 Å². The first-order valence-electron chi connectivity index (χ1n) is 6.17. The molecule has 1 aromatic heterocycles. The van der Waals surface area contributed by atoms with Crippen LogP contribution in [0.2, 0.25) is 0 Å². The molecule has 0 bridgehead atoms. The summed E-state index contributed by atoms with van der Waals surface area (Å²) in [4.78, 5) is 11.5. The third-order valence-electron chi connectivity index (χ3n) is 2.67. The number of rotatable bonds is 8. The van der Waals surface area contributed by atoms with Gasteiger partial charge in [-0.15, -0.1) is 11.3 Å². The Hall–Kier alpha value is -0.910. The summed E-state index contributed by atoms with van der Waals surface area (Å²) in [5.74, 6) is -0.363. The first kappa shape index (κ1) is 15.1. The lowest BCUT2D eigenvalue weighted by Gasteiger charge is -2.24. The third kappa shape index (κ3) is 5.16. The van der Waals surface area contributed by atoms with E-state index in [0.717, 1.165) is 11.4 Å². The highest BCUT2D eigenvalue weighted by Crippen LogP contribution is 2.24. The number of carboxylic acid groups (broad SMARTS) is 1. The average Bonchev–Trinajstić information content (AvgIpc) is 2.81. The van der Waals surface area contributed by atoms with Crippen molar-refractivity contribution in [2.75, 3.05) is 6.54 Å². The molecule has 1 heterocycles. The van der Waals surface area contributed by atoms with E-state index in [1.807, 2.05) is 17.5 Å². The van der Waals surface area contributed by atoms with Crippen LogP contribution >= 0.6 is 11.3 Å². The summed E-state index contributed by atoms with van der Waals surface area (Å²) in [6.45, 7) is 4.93. The maximum Gasteiger partial charge on any atom is 0.303 e. The van der Waals surface area contributed by atoms with Gasteiger partial charge in [0, 0.05) is 17.3 Å². The zero-order valence-corrected chi connectivity index (χ0v) is 11.6. The number of aliphatic carboxylic acids is 1. The Morgan fingerprint density at radius 3 is 2.72 bits per heavy atom. The zero-order chi connectivity index (χ0) is 13.5. The molecule has 0 aliphatic carbocycles. The van der Waals surface area contributed by atoms with Crippen LogP contribution in [0.15, 0.2) is 17.5 Å². The average molecular weight is 271 g/mol. The van der Waals surface area contributed by atoms with Crippen molar-refractivity contribution in [3.05, 3.63) is 22.4 Å². The van der Waals surface area contributed by atoms with Crippen LogP contribution in [0.25, 0.3) is 0 Å². The van der Waals surface area contributed by atoms with Gasteiger partial charge in [0.1, 0.15) is 6.10 Å². The molecule has 0 fully saturated rings. The Balaban J connectivity index is 2.60. The zero-order valence-electron chi connectivity index (χ0n) is 10.8. The number of aliphatic hydroxyl groups is 1. The van der Waals surface area contributed by atoms with Crippen molar-refractivity contribution < 1.29 is 15.0 Å². The van der Waals surface area contributed by atoms with Crippen molar-refractivity contribution in [3.8, 4) is 0 Å². The van der Waals surface area contributed by atoms with E-state index in [1.165, 1.54) is 11.3 Å². The van der Waals surface area contributed by atoms with Crippen molar-refractivity contribution in [1.82, 2.24) is 5.32 Å². The maximum atomic E-state index is 10.6. The molecule has 0 saturated carbocycles. The second-order valence-electron chi connectivity index (χ2n) is 4.80. The van der Waals surface area contributed by atoms with E-state index in [9.17, 15) is 9.90 Å². The first-order chi connectivity index (χ1) is 8.50. The number of hydrogen-bond donors (Lipinski definition) is 3. The second kappa shape index (κ2) is 7.51. The predicted molar refractivity (Wildman–Crippen MR) is 72.8 cm³/mol. The molecule has 0 spiro atoms. The SMILES string of the molecule is CC(C)CNC(CCC(=O)O)C(O)c1cccs1. The number of thiophene rings is 1. The minimum absolute atomic E-state index is 0.0677. The van der Waals surface area contributed by atoms with Gasteiger partial charge in [0.05, 0.1) is 0 Å². The first-order valence-corrected chi connectivity index (χ1v) is 7.05. The fraction of sp³-hybridized carbons (Fsp3) is 0.615. The molecular weight excluding hydrogens is 250 g/mol. The minimum Gasteiger partial charge on any atom is -0.481 e. The van der Waals surface area contributed by atoms with Crippen molar-refractivity contribution in [2.45, 2.75) is 38.8 Å². The summed E-state index contributed by atoms with van der Waals surface area (Å²) in [6.07, 6.45) is -0.137. The monoisotopic (exact) mass is 271 g/mol. The van der Waals surface area contributed by atoms with Crippen LogP contribution in [0, 0.1) is 5.92 Å². The van der Waals surface area contributed by atoms with Gasteiger partial charge in [0.15, 0.2) is 0 Å². The molecule has 0 amide bonds. The van der Waals surface area contributed by atoms with Crippen molar-refractivity contribution in [3.63, 3.8) is 0 Å². The molecule has 0 aliphatic heterocycles. The Labute approximate surface area is 112 Å². The molecule has 4 nitrogen and oxygen atoms in total. The Kier molecular flexibility index (Phi) is 6.32. The summed E-state index contributed by atoms with van der Waals surface area (Å²) in [6, 6.07) is 3.56. The van der Waals surface area contributed by atoms with E-state index in [1.54, 1.807) is 0 Å². The highest BCUT2D eigenvalue weighted by atomic mass is 32.1. The van der Waals surface area contributed by atoms with Gasteiger partial charge in [0.25, 0.3) is 0 Å². The van der Waals surface area contributed by atoms with Crippen LogP contribution in [0.4, 0.5) is 0 Å². The van der Waals surface area contributed by atoms with Gasteiger partial charge in [-0.1, -0.05) is 19.9 Å². The normalized spacial score (nSPS) is 14.7. The molecule has 0 saturated heterocycles. The lowest BCUT2D eigenvalue weighted by atomic mass is 10.0. The fourth-order valence-corrected chi connectivity index (χ4v) is 2.47. The highest BCUT2D eigenvalue weighted by molar-refractivity contribution is 7.10. The Morgan fingerprint density at radius 1 is 1.50 bits per heavy atom. The van der Waals surface area contributed by atoms with E-state index in [0.29, 0.717) is 12.3 Å². The van der Waals surface area contributed by atoms with Crippen LogP contribution in [-0.2, 0) is 4.79 Å². The molecule has 18 heavy (non-hydrogen) atoms. The van der Waals surface area contributed by atoms with E-state index < -0.39 is 12.1 Å². The highest BCUT2D eigenvalue weighted by Gasteiger charge is 2.22. The van der Waals surface area contributed by atoms with Gasteiger partial charge in [-0.05, 0) is 30.3 Å². The molecule has 3 N–H and O–H groups in total. The van der Waals surface area contributed by atoms with Gasteiger partial charge in [-0.3, -0.25) is 4.79 Å². The van der Waals surface area contributed by atoms with Crippen LogP contribution in [0.3, 0.4) is 0 Å². The predicted octanol–water partition coefficient (Wildman–Crippen LogP) is 2.26. The lowest BCUT2D eigenvalue weighted by Crippen LogP contribution is -2.37. The molecule has 2 atom stereocenters. The van der Waals surface area contributed by atoms with Gasteiger partial charge >= 0.3 is 5.97 Å². The van der Waals surface area contributed by atoms with E-state index in [4.69, 9.17) is 5.11 Å². The van der Waals surface area contributed by atoms with E-state index >= 15 is 0 Å². The number of hydrogen-bond acceptors (Lipinski definition) is 4. The van der Waals surface area contributed by atoms with Crippen LogP contribution in [0.5, 0.6) is 0 Å². The fourth-order valence-electron chi connectivity index (χ4n) is 1.70. The standard InChI is InChI=1S/C13H21NO3S/c1-9(2)8-14-10(5-6-12(15)16)13(17)11-4-3-7-18-11/h3-4,7,9-10,13-14,17H,5-6,8H2,1-2H3,(H,15,16). The van der Waals surface area contributed by atoms with Crippen molar-refractivity contribution in [1.29, 1.82) is 0 Å². The van der Waals surface area contributed by atoms with Crippen LogP contribution in [-0.4, -0.2) is 28.8 Å². The Morgan fingerprint density at radius 2 is 2.22 bits per heavy atom. The van der Waals surface area contributed by atoms with Gasteiger partial charge in [-0.2, -0.15) is 0 Å². The Bertz CT molecular complexity index is 351. The molecule has 1 rings (SSSR count). The van der Waals surface area contributed by atoms with Crippen LogP contribution < -0.4 is 5.32 Å². The minimum atomic E-state index is -0.829. The molecule has 0 aliphatic rings. The van der Waals surface area contributed by atoms with Gasteiger partial charge in [0.2, 0.25) is 0 Å². The largest absolute Gasteiger partial charge is 0.481 e. The van der Waals surface area contributed by atoms with Crippen LogP contribution in [0.1, 0.15) is 37.7 Å². The maximum absolute atomic E-state index is 10.6. The van der Waals surface area contributed by atoms with E-state index in [-0.39, 0.29) is 12.5 Å². The summed E-state index contributed by atoms with van der Waals surface area (Å²) >= 11 is 1.49. The summed E-state index contributed by atoms with van der Waals surface area (Å²) in [5, 5.41) is 24.2. The molecule has 0 radical (unpaired) electrons. The topological polar surface area (TPSA) is 69.6 Å². The molecule has 2 unspecified atom stereocenters. The number of aliphatic hydroxyl groups excluding tert-OH is 1. The summed E-state index contributed by atoms with van der Waals surface area (Å²) in [5.41, 5.74) is 0. The smallest absolute Gasteiger partial charge is 0.303 e. The number of nitrogens with one attached hydrogen (secondary N) is 1. The van der Waals surface area contributed by atoms with E-state index in [2.05, 4.69) is 19.2 Å². The molecule has 102 valence electrons. The van der Waals surface area contributed by atoms with Crippen molar-refractivity contribution in [2.24, 2.45) is 5.92 Å². The summed E-state index contributed by atoms with van der Waals surface area (Å²) < 4.78 is 0. The molecule has 1 aromatic rings. The molecular formula is C13H21NO3S. The summed E-state index contributed by atoms with van der Waals surface area (Å²) in [7, 11) is 0. The molecule has 5 heteroatoms. The number of carbonyl (C=O) groups is 1. The second-order valence-corrected chi connectivity index (χ2v) is 5.78. The quantitative estimate of drug-likeness (QED) is 0.678. The third-order valence-corrected chi connectivity index (χ3v) is 3.62. The molecule has 0 aromatic carbocycles. The van der Waals surface area contributed by atoms with Gasteiger partial charge in [-0.25, -0.2) is 0 Å².